The van der Waals surface area contributed by atoms with Gasteiger partial charge < -0.3 is 14.8 Å². The molecule has 1 heterocycles. The molecule has 0 aromatic heterocycles. The quantitative estimate of drug-likeness (QED) is 0.824. The van der Waals surface area contributed by atoms with Crippen molar-refractivity contribution < 1.29 is 9.47 Å². The third-order valence-electron chi connectivity index (χ3n) is 4.00. The van der Waals surface area contributed by atoms with Gasteiger partial charge in [0.1, 0.15) is 5.75 Å². The van der Waals surface area contributed by atoms with E-state index in [1.54, 1.807) is 7.11 Å². The maximum atomic E-state index is 5.83. The van der Waals surface area contributed by atoms with Crippen molar-refractivity contribution in [2.75, 3.05) is 20.3 Å². The molecule has 112 valence electrons. The fourth-order valence-electron chi connectivity index (χ4n) is 2.88. The Bertz CT molecular complexity index is 388. The first-order chi connectivity index (χ1) is 9.83. The Kier molecular flexibility index (Phi) is 6.34. The number of nitrogens with one attached hydrogen (secondary N) is 1. The van der Waals surface area contributed by atoms with Gasteiger partial charge in [-0.25, -0.2) is 0 Å². The van der Waals surface area contributed by atoms with Gasteiger partial charge in [-0.05, 0) is 56.3 Å². The van der Waals surface area contributed by atoms with Crippen LogP contribution in [0.5, 0.6) is 5.75 Å². The van der Waals surface area contributed by atoms with Crippen LogP contribution in [0.15, 0.2) is 24.3 Å². The van der Waals surface area contributed by atoms with Crippen molar-refractivity contribution >= 4 is 0 Å². The van der Waals surface area contributed by atoms with Crippen LogP contribution in [-0.2, 0) is 4.74 Å². The number of hydrogen-bond acceptors (Lipinski definition) is 3. The lowest BCUT2D eigenvalue weighted by molar-refractivity contribution is 0.00856. The fraction of sp³-hybridized carbons (Fsp3) is 0.647. The highest BCUT2D eigenvalue weighted by Crippen LogP contribution is 2.26. The number of benzene rings is 1. The van der Waals surface area contributed by atoms with Gasteiger partial charge in [0, 0.05) is 12.6 Å². The van der Waals surface area contributed by atoms with Crippen LogP contribution in [0.25, 0.3) is 0 Å². The van der Waals surface area contributed by atoms with Crippen LogP contribution in [0.4, 0.5) is 0 Å². The van der Waals surface area contributed by atoms with E-state index in [1.807, 2.05) is 6.07 Å². The molecule has 2 unspecified atom stereocenters. The Morgan fingerprint density at radius 3 is 3.00 bits per heavy atom. The zero-order valence-electron chi connectivity index (χ0n) is 12.7. The molecule has 0 radical (unpaired) electrons. The van der Waals surface area contributed by atoms with Gasteiger partial charge >= 0.3 is 0 Å². The molecule has 1 fully saturated rings. The van der Waals surface area contributed by atoms with Crippen molar-refractivity contribution in [2.45, 2.75) is 51.2 Å². The molecule has 0 saturated carbocycles. The Labute approximate surface area is 122 Å². The van der Waals surface area contributed by atoms with Gasteiger partial charge in [0.25, 0.3) is 0 Å². The largest absolute Gasteiger partial charge is 0.497 e. The van der Waals surface area contributed by atoms with Crippen LogP contribution in [0, 0.1) is 0 Å². The van der Waals surface area contributed by atoms with Crippen LogP contribution < -0.4 is 10.1 Å². The second-order valence-electron chi connectivity index (χ2n) is 5.45. The predicted octanol–water partition coefficient (Wildman–Crippen LogP) is 3.70. The molecule has 1 aliphatic rings. The van der Waals surface area contributed by atoms with E-state index >= 15 is 0 Å². The number of ether oxygens (including phenoxy) is 2. The van der Waals surface area contributed by atoms with E-state index in [2.05, 4.69) is 30.4 Å². The van der Waals surface area contributed by atoms with E-state index in [1.165, 1.54) is 24.8 Å². The molecular formula is C17H27NO2. The van der Waals surface area contributed by atoms with Crippen LogP contribution in [-0.4, -0.2) is 26.4 Å². The van der Waals surface area contributed by atoms with Crippen molar-refractivity contribution in [3.63, 3.8) is 0 Å². The van der Waals surface area contributed by atoms with E-state index in [0.29, 0.717) is 12.1 Å². The molecule has 0 amide bonds. The van der Waals surface area contributed by atoms with Crippen LogP contribution in [0.3, 0.4) is 0 Å². The molecule has 1 aromatic carbocycles. The molecule has 0 bridgehead atoms. The molecule has 0 aliphatic carbocycles. The molecule has 1 saturated heterocycles. The lowest BCUT2D eigenvalue weighted by atomic mass is 9.97. The summed E-state index contributed by atoms with van der Waals surface area (Å²) in [5.74, 6) is 0.930. The van der Waals surface area contributed by atoms with Crippen LogP contribution in [0.2, 0.25) is 0 Å². The van der Waals surface area contributed by atoms with Gasteiger partial charge in [-0.1, -0.05) is 19.1 Å². The second-order valence-corrected chi connectivity index (χ2v) is 5.45. The summed E-state index contributed by atoms with van der Waals surface area (Å²) >= 11 is 0. The second kappa shape index (κ2) is 8.28. The third-order valence-corrected chi connectivity index (χ3v) is 4.00. The maximum Gasteiger partial charge on any atom is 0.119 e. The van der Waals surface area contributed by atoms with Gasteiger partial charge in [-0.2, -0.15) is 0 Å². The summed E-state index contributed by atoms with van der Waals surface area (Å²) in [5, 5.41) is 3.58. The molecule has 0 spiro atoms. The molecular weight excluding hydrogens is 250 g/mol. The summed E-state index contributed by atoms with van der Waals surface area (Å²) in [6.45, 7) is 4.08. The number of rotatable bonds is 7. The van der Waals surface area contributed by atoms with E-state index < -0.39 is 0 Å². The predicted molar refractivity (Wildman–Crippen MR) is 82.2 cm³/mol. The van der Waals surface area contributed by atoms with Crippen LogP contribution >= 0.6 is 0 Å². The minimum atomic E-state index is 0.389. The molecule has 1 aliphatic heterocycles. The summed E-state index contributed by atoms with van der Waals surface area (Å²) in [7, 11) is 1.72. The third kappa shape index (κ3) is 4.50. The number of methoxy groups -OCH3 is 1. The van der Waals surface area contributed by atoms with E-state index in [4.69, 9.17) is 9.47 Å². The Hall–Kier alpha value is -1.06. The first kappa shape index (κ1) is 15.3. The average molecular weight is 277 g/mol. The van der Waals surface area contributed by atoms with Crippen molar-refractivity contribution in [3.8, 4) is 5.75 Å². The summed E-state index contributed by atoms with van der Waals surface area (Å²) in [6.07, 6.45) is 6.46. The molecule has 1 aromatic rings. The summed E-state index contributed by atoms with van der Waals surface area (Å²) in [6, 6.07) is 8.76. The normalized spacial score (nSPS) is 20.6. The summed E-state index contributed by atoms with van der Waals surface area (Å²) in [5.41, 5.74) is 1.31. The van der Waals surface area contributed by atoms with Gasteiger partial charge in [0.2, 0.25) is 0 Å². The lowest BCUT2D eigenvalue weighted by Gasteiger charge is -2.25. The molecule has 20 heavy (non-hydrogen) atoms. The van der Waals surface area contributed by atoms with Crippen LogP contribution in [0.1, 0.15) is 50.6 Å². The molecule has 3 nitrogen and oxygen atoms in total. The Morgan fingerprint density at radius 1 is 1.40 bits per heavy atom. The van der Waals surface area contributed by atoms with Gasteiger partial charge in [-0.3, -0.25) is 0 Å². The Balaban J connectivity index is 1.94. The molecule has 1 N–H and O–H groups in total. The summed E-state index contributed by atoms with van der Waals surface area (Å²) < 4.78 is 11.2. The van der Waals surface area contributed by atoms with Crippen molar-refractivity contribution in [2.24, 2.45) is 0 Å². The Morgan fingerprint density at radius 2 is 2.30 bits per heavy atom. The zero-order chi connectivity index (χ0) is 14.2. The highest BCUT2D eigenvalue weighted by Gasteiger charge is 2.17. The van der Waals surface area contributed by atoms with Gasteiger partial charge in [0.05, 0.1) is 13.2 Å². The van der Waals surface area contributed by atoms with Crippen molar-refractivity contribution in [1.82, 2.24) is 5.32 Å². The number of hydrogen-bond donors (Lipinski definition) is 1. The fourth-order valence-corrected chi connectivity index (χ4v) is 2.88. The van der Waals surface area contributed by atoms with E-state index in [-0.39, 0.29) is 0 Å². The smallest absolute Gasteiger partial charge is 0.119 e. The summed E-state index contributed by atoms with van der Waals surface area (Å²) in [4.78, 5) is 0. The highest BCUT2D eigenvalue weighted by atomic mass is 16.5. The maximum absolute atomic E-state index is 5.83. The molecule has 2 rings (SSSR count). The molecule has 2 atom stereocenters. The van der Waals surface area contributed by atoms with Gasteiger partial charge in [0.15, 0.2) is 0 Å². The van der Waals surface area contributed by atoms with Crippen molar-refractivity contribution in [3.05, 3.63) is 29.8 Å². The minimum absolute atomic E-state index is 0.389. The average Bonchev–Trinajstić information content (AvgIpc) is 2.52. The highest BCUT2D eigenvalue weighted by molar-refractivity contribution is 5.30. The van der Waals surface area contributed by atoms with Gasteiger partial charge in [-0.15, -0.1) is 0 Å². The molecule has 3 heteroatoms. The van der Waals surface area contributed by atoms with E-state index in [0.717, 1.165) is 31.7 Å². The SMILES string of the molecule is CCNC(CCC1CCCCO1)c1cccc(OC)c1. The van der Waals surface area contributed by atoms with E-state index in [9.17, 15) is 0 Å². The minimum Gasteiger partial charge on any atom is -0.497 e. The monoisotopic (exact) mass is 277 g/mol. The first-order valence-electron chi connectivity index (χ1n) is 7.82. The van der Waals surface area contributed by atoms with Crippen molar-refractivity contribution in [1.29, 1.82) is 0 Å². The first-order valence-corrected chi connectivity index (χ1v) is 7.82. The lowest BCUT2D eigenvalue weighted by Crippen LogP contribution is -2.25. The zero-order valence-corrected chi connectivity index (χ0v) is 12.7. The standard InChI is InChI=1S/C17H27NO2/c1-3-18-17(11-10-15-8-4-5-12-20-15)14-7-6-9-16(13-14)19-2/h6-7,9,13,15,17-18H,3-5,8,10-12H2,1-2H3. The topological polar surface area (TPSA) is 30.5 Å².